The number of hydrogen-bond acceptors (Lipinski definition) is 4. The topological polar surface area (TPSA) is 72.0 Å². The van der Waals surface area contributed by atoms with Crippen LogP contribution in [0.2, 0.25) is 0 Å². The van der Waals surface area contributed by atoms with Gasteiger partial charge in [0.25, 0.3) is 0 Å². The third kappa shape index (κ3) is 1.94. The van der Waals surface area contributed by atoms with Gasteiger partial charge in [-0.25, -0.2) is 9.97 Å². The molecule has 0 aliphatic carbocycles. The first-order chi connectivity index (χ1) is 5.74. The van der Waals surface area contributed by atoms with E-state index in [1.807, 2.05) is 0 Å². The molecule has 4 heteroatoms. The van der Waals surface area contributed by atoms with Crippen molar-refractivity contribution in [2.24, 2.45) is 0 Å². The van der Waals surface area contributed by atoms with Gasteiger partial charge in [-0.2, -0.15) is 0 Å². The maximum absolute atomic E-state index is 8.43. The second-order valence-electron chi connectivity index (χ2n) is 2.19. The second kappa shape index (κ2) is 3.69. The summed E-state index contributed by atoms with van der Waals surface area (Å²) >= 11 is 0. The lowest BCUT2D eigenvalue weighted by Crippen LogP contribution is -1.98. The van der Waals surface area contributed by atoms with Crippen LogP contribution in [0.15, 0.2) is 6.20 Å². The van der Waals surface area contributed by atoms with Gasteiger partial charge in [0.05, 0.1) is 11.3 Å². The van der Waals surface area contributed by atoms with Crippen molar-refractivity contribution in [3.05, 3.63) is 17.5 Å². The molecule has 0 bridgehead atoms. The largest absolute Gasteiger partial charge is 0.384 e. The van der Waals surface area contributed by atoms with E-state index >= 15 is 0 Å². The van der Waals surface area contributed by atoms with Crippen molar-refractivity contribution in [1.82, 2.24) is 9.97 Å². The second-order valence-corrected chi connectivity index (χ2v) is 2.19. The molecule has 62 valence electrons. The van der Waals surface area contributed by atoms with Crippen molar-refractivity contribution >= 4 is 5.95 Å². The van der Waals surface area contributed by atoms with E-state index < -0.39 is 0 Å². The molecule has 1 aromatic heterocycles. The first-order valence-corrected chi connectivity index (χ1v) is 3.43. The summed E-state index contributed by atoms with van der Waals surface area (Å²) in [7, 11) is 0. The fourth-order valence-corrected chi connectivity index (χ4v) is 0.742. The van der Waals surface area contributed by atoms with Gasteiger partial charge in [0.1, 0.15) is 6.61 Å². The zero-order valence-electron chi connectivity index (χ0n) is 6.70. The molecule has 4 nitrogen and oxygen atoms in total. The van der Waals surface area contributed by atoms with Crippen molar-refractivity contribution in [1.29, 1.82) is 0 Å². The minimum atomic E-state index is -0.163. The van der Waals surface area contributed by atoms with E-state index in [-0.39, 0.29) is 12.6 Å². The number of nitrogen functional groups attached to an aromatic ring is 1. The van der Waals surface area contributed by atoms with Gasteiger partial charge in [0.15, 0.2) is 0 Å². The molecule has 1 aromatic rings. The summed E-state index contributed by atoms with van der Waals surface area (Å²) < 4.78 is 0. The Morgan fingerprint density at radius 3 is 3.00 bits per heavy atom. The number of aryl methyl sites for hydroxylation is 1. The highest BCUT2D eigenvalue weighted by Crippen LogP contribution is 2.02. The molecule has 1 rings (SSSR count). The van der Waals surface area contributed by atoms with E-state index in [0.29, 0.717) is 5.56 Å². The summed E-state index contributed by atoms with van der Waals surface area (Å²) in [5, 5.41) is 8.43. The standard InChI is InChI=1S/C8H9N3O/c1-6-7(3-2-4-12)5-10-8(9)11-6/h5,12H,4H2,1H3,(H2,9,10,11). The number of rotatable bonds is 0. The molecule has 1 heterocycles. The van der Waals surface area contributed by atoms with Crippen LogP contribution in [0.25, 0.3) is 0 Å². The van der Waals surface area contributed by atoms with Crippen LogP contribution in [0.1, 0.15) is 11.3 Å². The fourth-order valence-electron chi connectivity index (χ4n) is 0.742. The van der Waals surface area contributed by atoms with Gasteiger partial charge in [-0.1, -0.05) is 11.8 Å². The first-order valence-electron chi connectivity index (χ1n) is 3.43. The van der Waals surface area contributed by atoms with E-state index in [1.54, 1.807) is 13.1 Å². The Bertz CT molecular complexity index is 338. The van der Waals surface area contributed by atoms with Crippen LogP contribution >= 0.6 is 0 Å². The zero-order chi connectivity index (χ0) is 8.97. The monoisotopic (exact) mass is 163 g/mol. The molecule has 0 saturated carbocycles. The zero-order valence-corrected chi connectivity index (χ0v) is 6.70. The third-order valence-electron chi connectivity index (χ3n) is 1.30. The predicted molar refractivity (Wildman–Crippen MR) is 45.1 cm³/mol. The molecule has 0 aliphatic heterocycles. The maximum Gasteiger partial charge on any atom is 0.220 e. The molecule has 0 amide bonds. The van der Waals surface area contributed by atoms with Crippen LogP contribution in [-0.2, 0) is 0 Å². The fraction of sp³-hybridized carbons (Fsp3) is 0.250. The molecule has 0 unspecified atom stereocenters. The first kappa shape index (κ1) is 8.50. The number of anilines is 1. The highest BCUT2D eigenvalue weighted by Gasteiger charge is 1.96. The quantitative estimate of drug-likeness (QED) is 0.515. The lowest BCUT2D eigenvalue weighted by molar-refractivity contribution is 0.350. The lowest BCUT2D eigenvalue weighted by Gasteiger charge is -1.96. The molecule has 0 saturated heterocycles. The van der Waals surface area contributed by atoms with Crippen LogP contribution in [-0.4, -0.2) is 21.7 Å². The Balaban J connectivity index is 3.01. The number of nitrogens with zero attached hydrogens (tertiary/aromatic N) is 2. The number of hydrogen-bond donors (Lipinski definition) is 2. The van der Waals surface area contributed by atoms with Crippen LogP contribution < -0.4 is 5.73 Å². The number of nitrogens with two attached hydrogens (primary N) is 1. The summed E-state index contributed by atoms with van der Waals surface area (Å²) in [6.45, 7) is 1.63. The Labute approximate surface area is 70.5 Å². The Hall–Kier alpha value is -1.60. The summed E-state index contributed by atoms with van der Waals surface area (Å²) in [6, 6.07) is 0. The molecule has 0 fully saturated rings. The Kier molecular flexibility index (Phi) is 2.62. The lowest BCUT2D eigenvalue weighted by atomic mass is 10.2. The van der Waals surface area contributed by atoms with Crippen LogP contribution in [0.5, 0.6) is 0 Å². The van der Waals surface area contributed by atoms with E-state index in [0.717, 1.165) is 5.69 Å². The summed E-state index contributed by atoms with van der Waals surface area (Å²) in [5.41, 5.74) is 6.75. The minimum absolute atomic E-state index is 0.163. The van der Waals surface area contributed by atoms with Gasteiger partial charge in [-0.15, -0.1) is 0 Å². The van der Waals surface area contributed by atoms with E-state index in [1.165, 1.54) is 0 Å². The Morgan fingerprint density at radius 2 is 2.42 bits per heavy atom. The third-order valence-corrected chi connectivity index (χ3v) is 1.30. The summed E-state index contributed by atoms with van der Waals surface area (Å²) in [6.07, 6.45) is 1.54. The molecule has 0 spiro atoms. The molecule has 0 atom stereocenters. The van der Waals surface area contributed by atoms with Gasteiger partial charge in [0, 0.05) is 6.20 Å². The predicted octanol–water partition coefficient (Wildman–Crippen LogP) is -0.289. The van der Waals surface area contributed by atoms with Gasteiger partial charge in [-0.05, 0) is 6.92 Å². The van der Waals surface area contributed by atoms with E-state index in [4.69, 9.17) is 10.8 Å². The molecular weight excluding hydrogens is 154 g/mol. The highest BCUT2D eigenvalue weighted by molar-refractivity contribution is 5.37. The number of aromatic nitrogens is 2. The van der Waals surface area contributed by atoms with Crippen molar-refractivity contribution in [3.8, 4) is 11.8 Å². The van der Waals surface area contributed by atoms with Gasteiger partial charge >= 0.3 is 0 Å². The van der Waals surface area contributed by atoms with Crippen molar-refractivity contribution in [3.63, 3.8) is 0 Å². The van der Waals surface area contributed by atoms with Crippen molar-refractivity contribution in [2.75, 3.05) is 12.3 Å². The summed E-state index contributed by atoms with van der Waals surface area (Å²) in [4.78, 5) is 7.68. The number of aliphatic hydroxyl groups is 1. The van der Waals surface area contributed by atoms with Crippen LogP contribution in [0, 0.1) is 18.8 Å². The maximum atomic E-state index is 8.43. The Morgan fingerprint density at radius 1 is 1.67 bits per heavy atom. The average Bonchev–Trinajstić information content (AvgIpc) is 2.03. The van der Waals surface area contributed by atoms with Crippen molar-refractivity contribution < 1.29 is 5.11 Å². The van der Waals surface area contributed by atoms with Crippen LogP contribution in [0.4, 0.5) is 5.95 Å². The molecule has 3 N–H and O–H groups in total. The highest BCUT2D eigenvalue weighted by atomic mass is 16.2. The molecule has 0 aromatic carbocycles. The van der Waals surface area contributed by atoms with Gasteiger partial charge < -0.3 is 10.8 Å². The minimum Gasteiger partial charge on any atom is -0.384 e. The van der Waals surface area contributed by atoms with Gasteiger partial charge in [-0.3, -0.25) is 0 Å². The van der Waals surface area contributed by atoms with Crippen molar-refractivity contribution in [2.45, 2.75) is 6.92 Å². The molecule has 0 radical (unpaired) electrons. The smallest absolute Gasteiger partial charge is 0.220 e. The molecular formula is C8H9N3O. The normalized spacial score (nSPS) is 8.83. The average molecular weight is 163 g/mol. The number of aliphatic hydroxyl groups excluding tert-OH is 1. The van der Waals surface area contributed by atoms with E-state index in [9.17, 15) is 0 Å². The van der Waals surface area contributed by atoms with Crippen LogP contribution in [0.3, 0.4) is 0 Å². The van der Waals surface area contributed by atoms with Gasteiger partial charge in [0.2, 0.25) is 5.95 Å². The SMILES string of the molecule is Cc1nc(N)ncc1C#CCO. The molecule has 0 aliphatic rings. The van der Waals surface area contributed by atoms with E-state index in [2.05, 4.69) is 21.8 Å². The molecule has 12 heavy (non-hydrogen) atoms. The summed E-state index contributed by atoms with van der Waals surface area (Å²) in [5.74, 6) is 5.46.